The molecule has 1 fully saturated rings. The van der Waals surface area contributed by atoms with Crippen LogP contribution in [-0.2, 0) is 7.05 Å². The van der Waals surface area contributed by atoms with E-state index < -0.39 is 10.5 Å². The van der Waals surface area contributed by atoms with Gasteiger partial charge in [-0.25, -0.2) is 9.37 Å². The Kier molecular flexibility index (Phi) is 3.77. The lowest BCUT2D eigenvalue weighted by Crippen LogP contribution is -2.59. The number of piperazine rings is 1. The highest BCUT2D eigenvalue weighted by Crippen LogP contribution is 2.44. The fourth-order valence-corrected chi connectivity index (χ4v) is 5.73. The number of anilines is 1. The summed E-state index contributed by atoms with van der Waals surface area (Å²) in [4.78, 5) is 22.8. The van der Waals surface area contributed by atoms with Crippen LogP contribution in [0, 0.1) is 12.7 Å². The zero-order chi connectivity index (χ0) is 18.0. The van der Waals surface area contributed by atoms with Crippen LogP contribution in [0.1, 0.15) is 12.6 Å². The second kappa shape index (κ2) is 5.64. The third kappa shape index (κ3) is 2.36. The molecule has 2 aliphatic heterocycles. The van der Waals surface area contributed by atoms with E-state index in [1.54, 1.807) is 24.6 Å². The number of pyridine rings is 2. The van der Waals surface area contributed by atoms with Gasteiger partial charge in [0.05, 0.1) is 22.3 Å². The predicted octanol–water partition coefficient (Wildman–Crippen LogP) is 1.96. The summed E-state index contributed by atoms with van der Waals surface area (Å²) in [5.41, 5.74) is 1.67. The van der Waals surface area contributed by atoms with Crippen LogP contribution in [0.15, 0.2) is 15.8 Å². The minimum absolute atomic E-state index is 0.0515. The van der Waals surface area contributed by atoms with Crippen molar-refractivity contribution in [1.29, 1.82) is 0 Å². The summed E-state index contributed by atoms with van der Waals surface area (Å²) < 4.78 is 15.9. The van der Waals surface area contributed by atoms with Crippen molar-refractivity contribution in [2.45, 2.75) is 30.8 Å². The third-order valence-corrected chi connectivity index (χ3v) is 7.27. The summed E-state index contributed by atoms with van der Waals surface area (Å²) in [6.45, 7) is 5.56. The first kappa shape index (κ1) is 16.7. The van der Waals surface area contributed by atoms with Gasteiger partial charge in [-0.1, -0.05) is 5.87 Å². The van der Waals surface area contributed by atoms with Crippen LogP contribution in [-0.4, -0.2) is 58.3 Å². The monoisotopic (exact) mass is 362 g/mol. The number of fused-ring (bicyclic) bond motifs is 5. The molecule has 3 unspecified atom stereocenters. The fourth-order valence-electron chi connectivity index (χ4n) is 3.93. The van der Waals surface area contributed by atoms with Crippen LogP contribution in [0.3, 0.4) is 0 Å². The molecule has 1 saturated heterocycles. The van der Waals surface area contributed by atoms with Crippen LogP contribution in [0.5, 0.6) is 0 Å². The fraction of sp³-hybridized carbons (Fsp3) is 0.500. The van der Waals surface area contributed by atoms with Crippen molar-refractivity contribution in [3.8, 4) is 0 Å². The molecular weight excluding hydrogens is 339 g/mol. The standard InChI is InChI=1S/C18H23FN4OS/c1-10-7-23-12(8-21(10)3)9-25(5)16-15(23)13-6-14(19)11(2)20-17(13)22(4)18(16)24/h6,10,12H,5,7-9H2,1-4H3. The first-order valence-electron chi connectivity index (χ1n) is 8.47. The third-order valence-electron chi connectivity index (χ3n) is 5.54. The minimum atomic E-state index is -0.401. The highest BCUT2D eigenvalue weighted by Gasteiger charge is 2.37. The maximum absolute atomic E-state index is 14.3. The van der Waals surface area contributed by atoms with Crippen LogP contribution in [0.4, 0.5) is 10.1 Å². The van der Waals surface area contributed by atoms with Gasteiger partial charge in [-0.15, -0.1) is 0 Å². The molecule has 0 N–H and O–H groups in total. The first-order valence-corrected chi connectivity index (χ1v) is 10.0. The van der Waals surface area contributed by atoms with Crippen molar-refractivity contribution in [1.82, 2.24) is 14.5 Å². The molecule has 2 aromatic heterocycles. The molecule has 0 aliphatic carbocycles. The van der Waals surface area contributed by atoms with Crippen molar-refractivity contribution in [3.05, 3.63) is 27.9 Å². The number of hydrogen-bond donors (Lipinski definition) is 0. The quantitative estimate of drug-likeness (QED) is 0.672. The second-order valence-electron chi connectivity index (χ2n) is 7.22. The van der Waals surface area contributed by atoms with E-state index in [4.69, 9.17) is 0 Å². The Balaban J connectivity index is 2.08. The second-order valence-corrected chi connectivity index (χ2v) is 8.95. The molecule has 4 rings (SSSR count). The topological polar surface area (TPSA) is 41.4 Å². The van der Waals surface area contributed by atoms with Gasteiger partial charge >= 0.3 is 0 Å². The van der Waals surface area contributed by atoms with E-state index in [0.717, 1.165) is 34.8 Å². The molecule has 0 saturated carbocycles. The first-order chi connectivity index (χ1) is 11.8. The average Bonchev–Trinajstić information content (AvgIpc) is 2.55. The van der Waals surface area contributed by atoms with Crippen LogP contribution in [0.2, 0.25) is 0 Å². The molecule has 2 aliphatic rings. The number of nitrogens with zero attached hydrogens (tertiary/aromatic N) is 4. The van der Waals surface area contributed by atoms with Crippen molar-refractivity contribution in [3.63, 3.8) is 0 Å². The summed E-state index contributed by atoms with van der Waals surface area (Å²) in [7, 11) is 3.44. The Bertz CT molecular complexity index is 970. The van der Waals surface area contributed by atoms with Crippen molar-refractivity contribution >= 4 is 33.1 Å². The lowest BCUT2D eigenvalue weighted by atomic mass is 10.1. The Labute approximate surface area is 149 Å². The van der Waals surface area contributed by atoms with Gasteiger partial charge in [-0.3, -0.25) is 14.3 Å². The number of hydrogen-bond acceptors (Lipinski definition) is 4. The van der Waals surface area contributed by atoms with Crippen molar-refractivity contribution in [2.75, 3.05) is 30.8 Å². The highest BCUT2D eigenvalue weighted by atomic mass is 32.2. The van der Waals surface area contributed by atoms with Gasteiger partial charge in [0, 0.05) is 37.3 Å². The predicted molar refractivity (Wildman–Crippen MR) is 103 cm³/mol. The van der Waals surface area contributed by atoms with Gasteiger partial charge in [0.1, 0.15) is 11.5 Å². The van der Waals surface area contributed by atoms with Gasteiger partial charge in [-0.05, 0) is 27.0 Å². The molecule has 0 radical (unpaired) electrons. The van der Waals surface area contributed by atoms with E-state index in [9.17, 15) is 9.18 Å². The highest BCUT2D eigenvalue weighted by molar-refractivity contribution is 8.14. The number of aromatic nitrogens is 2. The number of aryl methyl sites for hydroxylation is 2. The molecule has 0 spiro atoms. The van der Waals surface area contributed by atoms with E-state index >= 15 is 0 Å². The Hall–Kier alpha value is -1.73. The zero-order valence-electron chi connectivity index (χ0n) is 15.0. The molecule has 134 valence electrons. The van der Waals surface area contributed by atoms with E-state index in [0.29, 0.717) is 23.4 Å². The van der Waals surface area contributed by atoms with E-state index in [1.807, 2.05) is 0 Å². The molecule has 0 amide bonds. The van der Waals surface area contributed by atoms with Crippen molar-refractivity contribution < 1.29 is 4.39 Å². The van der Waals surface area contributed by atoms with Gasteiger partial charge in [0.2, 0.25) is 0 Å². The van der Waals surface area contributed by atoms with Gasteiger partial charge in [-0.2, -0.15) is 10.5 Å². The van der Waals surface area contributed by atoms with Crippen LogP contribution >= 0.6 is 10.5 Å². The van der Waals surface area contributed by atoms with E-state index in [-0.39, 0.29) is 11.4 Å². The number of likely N-dealkylation sites (N-methyl/N-ethyl adjacent to an activating group) is 1. The maximum Gasteiger partial charge on any atom is 0.267 e. The Morgan fingerprint density at radius 1 is 1.36 bits per heavy atom. The summed E-state index contributed by atoms with van der Waals surface area (Å²) in [6.07, 6.45) is 0. The SMILES string of the molecule is C=S1CC2CN(C)C(C)CN2c2c1c(=O)n(C)c1nc(C)c(F)cc21. The van der Waals surface area contributed by atoms with Gasteiger partial charge in [0.25, 0.3) is 5.56 Å². The molecule has 2 aromatic rings. The molecular formula is C18H23FN4OS. The lowest BCUT2D eigenvalue weighted by Gasteiger charge is -2.48. The Morgan fingerprint density at radius 3 is 2.80 bits per heavy atom. The number of rotatable bonds is 0. The maximum atomic E-state index is 14.3. The van der Waals surface area contributed by atoms with Gasteiger partial charge in [0.15, 0.2) is 0 Å². The Morgan fingerprint density at radius 2 is 2.08 bits per heavy atom. The molecule has 7 heteroatoms. The van der Waals surface area contributed by atoms with Crippen molar-refractivity contribution in [2.24, 2.45) is 7.05 Å². The normalized spacial score (nSPS) is 26.6. The summed E-state index contributed by atoms with van der Waals surface area (Å²) in [5.74, 6) is 4.81. The minimum Gasteiger partial charge on any atom is -0.363 e. The lowest BCUT2D eigenvalue weighted by molar-refractivity contribution is 0.206. The molecule has 4 heterocycles. The number of halogens is 1. The molecule has 25 heavy (non-hydrogen) atoms. The average molecular weight is 362 g/mol. The molecule has 0 bridgehead atoms. The summed E-state index contributed by atoms with van der Waals surface area (Å²) in [5, 5.41) is 0.725. The smallest absolute Gasteiger partial charge is 0.267 e. The zero-order valence-corrected chi connectivity index (χ0v) is 15.9. The van der Waals surface area contributed by atoms with E-state index in [2.05, 4.69) is 34.6 Å². The van der Waals surface area contributed by atoms with Crippen LogP contribution < -0.4 is 10.5 Å². The molecule has 5 nitrogen and oxygen atoms in total. The molecule has 0 aromatic carbocycles. The molecule has 3 atom stereocenters. The van der Waals surface area contributed by atoms with Crippen LogP contribution in [0.25, 0.3) is 11.0 Å². The summed E-state index contributed by atoms with van der Waals surface area (Å²) in [6, 6.07) is 2.21. The summed E-state index contributed by atoms with van der Waals surface area (Å²) >= 11 is 0. The van der Waals surface area contributed by atoms with E-state index in [1.165, 1.54) is 0 Å². The van der Waals surface area contributed by atoms with Gasteiger partial charge < -0.3 is 4.90 Å². The largest absolute Gasteiger partial charge is 0.363 e.